The van der Waals surface area contributed by atoms with Crippen molar-refractivity contribution in [1.82, 2.24) is 10.3 Å². The number of halogens is 2. The number of nitrogens with one attached hydrogen (secondary N) is 1. The highest BCUT2D eigenvalue weighted by atomic mass is 19.2. The molecule has 100 valence electrons. The summed E-state index contributed by atoms with van der Waals surface area (Å²) >= 11 is 0. The van der Waals surface area contributed by atoms with Gasteiger partial charge in [0.2, 0.25) is 11.7 Å². The van der Waals surface area contributed by atoms with E-state index in [4.69, 9.17) is 4.74 Å². The third kappa shape index (κ3) is 3.48. The Morgan fingerprint density at radius 1 is 1.26 bits per heavy atom. The number of hydrogen-bond donors (Lipinski definition) is 1. The van der Waals surface area contributed by atoms with Gasteiger partial charge in [0.25, 0.3) is 0 Å². The maximum absolute atomic E-state index is 13.5. The molecule has 1 aromatic carbocycles. The van der Waals surface area contributed by atoms with Crippen LogP contribution in [-0.4, -0.2) is 11.5 Å². The van der Waals surface area contributed by atoms with Crippen LogP contribution in [0.3, 0.4) is 0 Å². The van der Waals surface area contributed by atoms with Crippen molar-refractivity contribution in [3.63, 3.8) is 0 Å². The SMILES string of the molecule is CCNCc1ccnc(Oc2cccc(F)c2F)c1. The Morgan fingerprint density at radius 2 is 2.11 bits per heavy atom. The van der Waals surface area contributed by atoms with Gasteiger partial charge in [-0.1, -0.05) is 13.0 Å². The molecule has 0 aliphatic carbocycles. The second-order valence-corrected chi connectivity index (χ2v) is 3.94. The summed E-state index contributed by atoms with van der Waals surface area (Å²) in [5, 5.41) is 3.16. The van der Waals surface area contributed by atoms with E-state index in [0.29, 0.717) is 6.54 Å². The number of rotatable bonds is 5. The Hall–Kier alpha value is -2.01. The predicted octanol–water partition coefficient (Wildman–Crippen LogP) is 3.26. The van der Waals surface area contributed by atoms with E-state index in [0.717, 1.165) is 18.2 Å². The zero-order valence-corrected chi connectivity index (χ0v) is 10.5. The van der Waals surface area contributed by atoms with Gasteiger partial charge < -0.3 is 10.1 Å². The first-order valence-corrected chi connectivity index (χ1v) is 5.98. The van der Waals surface area contributed by atoms with Crippen LogP contribution in [0.4, 0.5) is 8.78 Å². The van der Waals surface area contributed by atoms with Crippen LogP contribution >= 0.6 is 0 Å². The molecule has 0 aliphatic rings. The lowest BCUT2D eigenvalue weighted by Gasteiger charge is -2.08. The number of aromatic nitrogens is 1. The van der Waals surface area contributed by atoms with Gasteiger partial charge in [-0.2, -0.15) is 4.39 Å². The lowest BCUT2D eigenvalue weighted by Crippen LogP contribution is -2.11. The molecule has 5 heteroatoms. The fourth-order valence-electron chi connectivity index (χ4n) is 1.56. The van der Waals surface area contributed by atoms with Gasteiger partial charge in [0.15, 0.2) is 11.6 Å². The zero-order chi connectivity index (χ0) is 13.7. The highest BCUT2D eigenvalue weighted by Gasteiger charge is 2.10. The van der Waals surface area contributed by atoms with Gasteiger partial charge in [-0.05, 0) is 30.3 Å². The molecule has 0 bridgehead atoms. The summed E-state index contributed by atoms with van der Waals surface area (Å²) in [5.41, 5.74) is 0.962. The van der Waals surface area contributed by atoms with Crippen molar-refractivity contribution < 1.29 is 13.5 Å². The number of hydrogen-bond acceptors (Lipinski definition) is 3. The number of benzene rings is 1. The van der Waals surface area contributed by atoms with Gasteiger partial charge in [-0.15, -0.1) is 0 Å². The first kappa shape index (κ1) is 13.4. The quantitative estimate of drug-likeness (QED) is 0.900. The normalized spacial score (nSPS) is 10.5. The summed E-state index contributed by atoms with van der Waals surface area (Å²) in [4.78, 5) is 3.97. The van der Waals surface area contributed by atoms with E-state index in [9.17, 15) is 8.78 Å². The summed E-state index contributed by atoms with van der Waals surface area (Å²) in [7, 11) is 0. The lowest BCUT2D eigenvalue weighted by molar-refractivity contribution is 0.405. The molecule has 2 aromatic rings. The second-order valence-electron chi connectivity index (χ2n) is 3.94. The summed E-state index contributed by atoms with van der Waals surface area (Å²) in [6.07, 6.45) is 1.57. The number of pyridine rings is 1. The largest absolute Gasteiger partial charge is 0.436 e. The summed E-state index contributed by atoms with van der Waals surface area (Å²) in [6.45, 7) is 3.51. The molecule has 0 spiro atoms. The van der Waals surface area contributed by atoms with Gasteiger partial charge in [0, 0.05) is 18.8 Å². The van der Waals surface area contributed by atoms with E-state index in [-0.39, 0.29) is 11.6 Å². The molecular formula is C14H14F2N2O. The molecule has 19 heavy (non-hydrogen) atoms. The molecule has 0 fully saturated rings. The highest BCUT2D eigenvalue weighted by Crippen LogP contribution is 2.24. The highest BCUT2D eigenvalue weighted by molar-refractivity contribution is 5.30. The predicted molar refractivity (Wildman–Crippen MR) is 68.0 cm³/mol. The first-order chi connectivity index (χ1) is 9.20. The van der Waals surface area contributed by atoms with Crippen LogP contribution in [0.1, 0.15) is 12.5 Å². The van der Waals surface area contributed by atoms with Crippen LogP contribution in [-0.2, 0) is 6.54 Å². The van der Waals surface area contributed by atoms with Crippen LogP contribution < -0.4 is 10.1 Å². The third-order valence-corrected chi connectivity index (χ3v) is 2.51. The smallest absolute Gasteiger partial charge is 0.219 e. The maximum Gasteiger partial charge on any atom is 0.219 e. The van der Waals surface area contributed by atoms with E-state index in [1.165, 1.54) is 12.1 Å². The van der Waals surface area contributed by atoms with E-state index < -0.39 is 11.6 Å². The molecule has 0 saturated heterocycles. The molecule has 0 aliphatic heterocycles. The molecule has 1 aromatic heterocycles. The van der Waals surface area contributed by atoms with E-state index in [1.54, 1.807) is 12.3 Å². The summed E-state index contributed by atoms with van der Waals surface area (Å²) in [6, 6.07) is 7.30. The molecule has 3 nitrogen and oxygen atoms in total. The Morgan fingerprint density at radius 3 is 2.89 bits per heavy atom. The van der Waals surface area contributed by atoms with E-state index in [1.807, 2.05) is 13.0 Å². The second kappa shape index (κ2) is 6.24. The Labute approximate surface area is 110 Å². The molecule has 0 radical (unpaired) electrons. The van der Waals surface area contributed by atoms with Gasteiger partial charge in [0.1, 0.15) is 0 Å². The number of ether oxygens (including phenoxy) is 1. The van der Waals surface area contributed by atoms with Crippen LogP contribution in [0, 0.1) is 11.6 Å². The molecule has 0 saturated carbocycles. The zero-order valence-electron chi connectivity index (χ0n) is 10.5. The van der Waals surface area contributed by atoms with Crippen LogP contribution in [0.5, 0.6) is 11.6 Å². The standard InChI is InChI=1S/C14H14F2N2O/c1-2-17-9-10-6-7-18-13(8-10)19-12-5-3-4-11(15)14(12)16/h3-8,17H,2,9H2,1H3. The van der Waals surface area contributed by atoms with Crippen molar-refractivity contribution >= 4 is 0 Å². The lowest BCUT2D eigenvalue weighted by atomic mass is 10.2. The van der Waals surface area contributed by atoms with Crippen molar-refractivity contribution in [3.05, 3.63) is 53.7 Å². The average Bonchev–Trinajstić information content (AvgIpc) is 2.42. The Balaban J connectivity index is 2.16. The molecule has 0 atom stereocenters. The molecule has 1 N–H and O–H groups in total. The van der Waals surface area contributed by atoms with Gasteiger partial charge in [-0.25, -0.2) is 9.37 Å². The Kier molecular flexibility index (Phi) is 4.41. The minimum atomic E-state index is -1.01. The monoisotopic (exact) mass is 264 g/mol. The van der Waals surface area contributed by atoms with Gasteiger partial charge >= 0.3 is 0 Å². The minimum Gasteiger partial charge on any atom is -0.436 e. The molecule has 2 rings (SSSR count). The topological polar surface area (TPSA) is 34.2 Å². The van der Waals surface area contributed by atoms with Crippen molar-refractivity contribution in [3.8, 4) is 11.6 Å². The first-order valence-electron chi connectivity index (χ1n) is 5.98. The van der Waals surface area contributed by atoms with Crippen molar-refractivity contribution in [2.24, 2.45) is 0 Å². The maximum atomic E-state index is 13.5. The molecule has 0 unspecified atom stereocenters. The molecule has 0 amide bonds. The van der Waals surface area contributed by atoms with E-state index >= 15 is 0 Å². The van der Waals surface area contributed by atoms with Crippen LogP contribution in [0.2, 0.25) is 0 Å². The van der Waals surface area contributed by atoms with Gasteiger partial charge in [0.05, 0.1) is 0 Å². The van der Waals surface area contributed by atoms with Gasteiger partial charge in [-0.3, -0.25) is 0 Å². The minimum absolute atomic E-state index is 0.173. The summed E-state index contributed by atoms with van der Waals surface area (Å²) in [5.74, 6) is -1.89. The number of nitrogens with zero attached hydrogens (tertiary/aromatic N) is 1. The average molecular weight is 264 g/mol. The fraction of sp³-hybridized carbons (Fsp3) is 0.214. The summed E-state index contributed by atoms with van der Waals surface area (Å²) < 4.78 is 31.7. The fourth-order valence-corrected chi connectivity index (χ4v) is 1.56. The Bertz CT molecular complexity index is 561. The van der Waals surface area contributed by atoms with Crippen LogP contribution in [0.25, 0.3) is 0 Å². The van der Waals surface area contributed by atoms with Crippen molar-refractivity contribution in [2.45, 2.75) is 13.5 Å². The van der Waals surface area contributed by atoms with Crippen molar-refractivity contribution in [1.29, 1.82) is 0 Å². The molecular weight excluding hydrogens is 250 g/mol. The third-order valence-electron chi connectivity index (χ3n) is 2.51. The van der Waals surface area contributed by atoms with Crippen molar-refractivity contribution in [2.75, 3.05) is 6.54 Å². The van der Waals surface area contributed by atoms with Crippen LogP contribution in [0.15, 0.2) is 36.5 Å². The molecule has 1 heterocycles. The van der Waals surface area contributed by atoms with E-state index in [2.05, 4.69) is 10.3 Å².